The molecule has 0 saturated heterocycles. The van der Waals surface area contributed by atoms with E-state index in [4.69, 9.17) is 20.9 Å². The predicted octanol–water partition coefficient (Wildman–Crippen LogP) is 4.50. The molecule has 0 bridgehead atoms. The molecule has 0 fully saturated rings. The predicted molar refractivity (Wildman–Crippen MR) is 93.7 cm³/mol. The first-order valence-electron chi connectivity index (χ1n) is 7.40. The molecule has 0 amide bonds. The Kier molecular flexibility index (Phi) is 5.28. The first kappa shape index (κ1) is 17.1. The lowest BCUT2D eigenvalue weighted by atomic mass is 9.95. The molecule has 7 heteroatoms. The molecule has 126 valence electrons. The van der Waals surface area contributed by atoms with Gasteiger partial charge < -0.3 is 14.4 Å². The minimum Gasteiger partial charge on any atom is -0.475 e. The van der Waals surface area contributed by atoms with E-state index >= 15 is 0 Å². The molecule has 0 aliphatic carbocycles. The second kappa shape index (κ2) is 7.42. The number of carboxylic acids is 1. The molecule has 1 unspecified atom stereocenters. The highest BCUT2D eigenvalue weighted by molar-refractivity contribution is 9.09. The van der Waals surface area contributed by atoms with Gasteiger partial charge in [0.2, 0.25) is 5.76 Å². The van der Waals surface area contributed by atoms with Crippen molar-refractivity contribution in [2.75, 3.05) is 11.9 Å². The van der Waals surface area contributed by atoms with E-state index in [0.717, 1.165) is 17.3 Å². The number of carbonyl (C=O) groups is 1. The standard InChI is InChI=1S/C17H15BrClNO4/c18-9-4-10-20-15(12-7-8-13(19)23-12)14(16(24-20)17(21)22)11-5-2-1-3-6-11/h1-3,5-8,15H,4,9-10H2,(H,21,22). The summed E-state index contributed by atoms with van der Waals surface area (Å²) in [5.74, 6) is -0.657. The van der Waals surface area contributed by atoms with Crippen LogP contribution in [-0.2, 0) is 9.63 Å². The highest BCUT2D eigenvalue weighted by Crippen LogP contribution is 2.44. The third kappa shape index (κ3) is 3.36. The molecule has 2 heterocycles. The quantitative estimate of drug-likeness (QED) is 0.708. The monoisotopic (exact) mass is 411 g/mol. The van der Waals surface area contributed by atoms with Crippen LogP contribution >= 0.6 is 27.5 Å². The Morgan fingerprint density at radius 1 is 1.25 bits per heavy atom. The number of aliphatic carboxylic acids is 1. The molecule has 0 spiro atoms. The van der Waals surface area contributed by atoms with Crippen molar-refractivity contribution in [1.82, 2.24) is 5.06 Å². The van der Waals surface area contributed by atoms with E-state index in [9.17, 15) is 9.90 Å². The third-order valence-electron chi connectivity index (χ3n) is 3.67. The largest absolute Gasteiger partial charge is 0.475 e. The van der Waals surface area contributed by atoms with Crippen molar-refractivity contribution in [3.05, 3.63) is 64.8 Å². The van der Waals surface area contributed by atoms with Gasteiger partial charge in [0.05, 0.1) is 0 Å². The van der Waals surface area contributed by atoms with Gasteiger partial charge >= 0.3 is 5.97 Å². The van der Waals surface area contributed by atoms with Gasteiger partial charge in [0.15, 0.2) is 5.22 Å². The normalized spacial score (nSPS) is 18.0. The summed E-state index contributed by atoms with van der Waals surface area (Å²) in [6, 6.07) is 12.2. The maximum absolute atomic E-state index is 11.7. The van der Waals surface area contributed by atoms with E-state index in [2.05, 4.69) is 15.9 Å². The zero-order valence-electron chi connectivity index (χ0n) is 12.6. The molecule has 0 radical (unpaired) electrons. The Morgan fingerprint density at radius 2 is 2.00 bits per heavy atom. The lowest BCUT2D eigenvalue weighted by Gasteiger charge is -2.22. The first-order valence-corrected chi connectivity index (χ1v) is 8.90. The lowest BCUT2D eigenvalue weighted by molar-refractivity contribution is -0.155. The molecule has 3 rings (SSSR count). The van der Waals surface area contributed by atoms with E-state index < -0.39 is 12.0 Å². The lowest BCUT2D eigenvalue weighted by Crippen LogP contribution is -2.25. The second-order valence-corrected chi connectivity index (χ2v) is 6.40. The maximum Gasteiger partial charge on any atom is 0.374 e. The molecule has 24 heavy (non-hydrogen) atoms. The maximum atomic E-state index is 11.7. The van der Waals surface area contributed by atoms with Crippen LogP contribution in [0.15, 0.2) is 52.6 Å². The van der Waals surface area contributed by atoms with Crippen LogP contribution in [0.2, 0.25) is 5.22 Å². The van der Waals surface area contributed by atoms with Gasteiger partial charge in [-0.1, -0.05) is 46.3 Å². The van der Waals surface area contributed by atoms with E-state index in [-0.39, 0.29) is 11.0 Å². The van der Waals surface area contributed by atoms with Gasteiger partial charge in [-0.15, -0.1) is 5.06 Å². The van der Waals surface area contributed by atoms with Crippen LogP contribution in [0.4, 0.5) is 0 Å². The summed E-state index contributed by atoms with van der Waals surface area (Å²) in [5, 5.41) is 12.2. The Balaban J connectivity index is 2.10. The summed E-state index contributed by atoms with van der Waals surface area (Å²) in [5.41, 5.74) is 1.33. The number of carboxylic acid groups (broad SMARTS) is 1. The summed E-state index contributed by atoms with van der Waals surface area (Å²) >= 11 is 9.30. The van der Waals surface area contributed by atoms with Crippen LogP contribution in [0, 0.1) is 0 Å². The van der Waals surface area contributed by atoms with E-state index in [0.29, 0.717) is 17.9 Å². The Hall–Kier alpha value is -1.76. The van der Waals surface area contributed by atoms with E-state index in [1.807, 2.05) is 30.3 Å². The number of furan rings is 1. The van der Waals surface area contributed by atoms with Crippen molar-refractivity contribution < 1.29 is 19.2 Å². The van der Waals surface area contributed by atoms with Gasteiger partial charge in [-0.3, -0.25) is 0 Å². The van der Waals surface area contributed by atoms with E-state index in [1.165, 1.54) is 0 Å². The van der Waals surface area contributed by atoms with Gasteiger partial charge in [0, 0.05) is 17.4 Å². The zero-order chi connectivity index (χ0) is 17.1. The zero-order valence-corrected chi connectivity index (χ0v) is 15.0. The molecule has 5 nitrogen and oxygen atoms in total. The minimum absolute atomic E-state index is 0.0895. The van der Waals surface area contributed by atoms with Gasteiger partial charge in [-0.2, -0.15) is 0 Å². The number of nitrogens with zero attached hydrogens (tertiary/aromatic N) is 1. The molecule has 1 N–H and O–H groups in total. The molecule has 1 aromatic carbocycles. The molecule has 2 aromatic rings. The summed E-state index contributed by atoms with van der Waals surface area (Å²) in [6.07, 6.45) is 0.792. The van der Waals surface area contributed by atoms with E-state index in [1.54, 1.807) is 17.2 Å². The summed E-state index contributed by atoms with van der Waals surface area (Å²) < 4.78 is 5.56. The molecule has 1 aliphatic heterocycles. The third-order valence-corrected chi connectivity index (χ3v) is 4.43. The number of hydrogen-bond donors (Lipinski definition) is 1. The van der Waals surface area contributed by atoms with Crippen LogP contribution < -0.4 is 0 Å². The summed E-state index contributed by atoms with van der Waals surface area (Å²) in [7, 11) is 0. The Morgan fingerprint density at radius 3 is 2.58 bits per heavy atom. The van der Waals surface area contributed by atoms with Gasteiger partial charge in [0.25, 0.3) is 0 Å². The van der Waals surface area contributed by atoms with Crippen LogP contribution in [-0.4, -0.2) is 28.0 Å². The van der Waals surface area contributed by atoms with Gasteiger partial charge in [-0.05, 0) is 35.7 Å². The number of hydrogen-bond acceptors (Lipinski definition) is 4. The van der Waals surface area contributed by atoms with Crippen molar-refractivity contribution in [1.29, 1.82) is 0 Å². The number of benzene rings is 1. The van der Waals surface area contributed by atoms with Gasteiger partial charge in [0.1, 0.15) is 11.8 Å². The van der Waals surface area contributed by atoms with Crippen LogP contribution in [0.25, 0.3) is 5.57 Å². The Bertz CT molecular complexity index is 759. The highest BCUT2D eigenvalue weighted by atomic mass is 79.9. The number of halogens is 2. The average Bonchev–Trinajstić information content (AvgIpc) is 3.17. The highest BCUT2D eigenvalue weighted by Gasteiger charge is 2.41. The minimum atomic E-state index is -1.11. The Labute approximate surface area is 152 Å². The summed E-state index contributed by atoms with van der Waals surface area (Å²) in [4.78, 5) is 17.4. The van der Waals surface area contributed by atoms with Crippen molar-refractivity contribution in [2.24, 2.45) is 0 Å². The number of hydroxylamine groups is 2. The van der Waals surface area contributed by atoms with Crippen LogP contribution in [0.3, 0.4) is 0 Å². The number of rotatable bonds is 6. The summed E-state index contributed by atoms with van der Waals surface area (Å²) in [6.45, 7) is 0.543. The van der Waals surface area contributed by atoms with Gasteiger partial charge in [-0.25, -0.2) is 4.79 Å². The van der Waals surface area contributed by atoms with Crippen molar-refractivity contribution in [2.45, 2.75) is 12.5 Å². The fourth-order valence-electron chi connectivity index (χ4n) is 2.70. The second-order valence-electron chi connectivity index (χ2n) is 5.23. The smallest absolute Gasteiger partial charge is 0.374 e. The van der Waals surface area contributed by atoms with Crippen molar-refractivity contribution in [3.8, 4) is 0 Å². The SMILES string of the molecule is O=C(O)C1=C(c2ccccc2)C(c2ccc(Cl)o2)N(CCCBr)O1. The average molecular weight is 413 g/mol. The topological polar surface area (TPSA) is 62.9 Å². The molecule has 1 aromatic heterocycles. The van der Waals surface area contributed by atoms with Crippen LogP contribution in [0.1, 0.15) is 23.8 Å². The molecular weight excluding hydrogens is 398 g/mol. The molecule has 1 aliphatic rings. The first-order chi connectivity index (χ1) is 11.6. The molecule has 1 atom stereocenters. The van der Waals surface area contributed by atoms with Crippen molar-refractivity contribution >= 4 is 39.1 Å². The number of alkyl halides is 1. The van der Waals surface area contributed by atoms with Crippen molar-refractivity contribution in [3.63, 3.8) is 0 Å². The molecule has 0 saturated carbocycles. The molecular formula is C17H15BrClNO4. The van der Waals surface area contributed by atoms with Crippen LogP contribution in [0.5, 0.6) is 0 Å². The fraction of sp³-hybridized carbons (Fsp3) is 0.235. The fourth-order valence-corrected chi connectivity index (χ4v) is 3.10.